The van der Waals surface area contributed by atoms with E-state index in [0.717, 1.165) is 41.0 Å². The highest BCUT2D eigenvalue weighted by molar-refractivity contribution is 9.10. The van der Waals surface area contributed by atoms with Crippen LogP contribution in [0.4, 0.5) is 5.69 Å². The zero-order chi connectivity index (χ0) is 20.1. The Labute approximate surface area is 181 Å². The second-order valence-corrected chi connectivity index (χ2v) is 8.49. The predicted molar refractivity (Wildman–Crippen MR) is 116 cm³/mol. The van der Waals surface area contributed by atoms with Crippen LogP contribution in [-0.4, -0.2) is 44.1 Å². The van der Waals surface area contributed by atoms with Crippen LogP contribution in [0.5, 0.6) is 0 Å². The summed E-state index contributed by atoms with van der Waals surface area (Å²) < 4.78 is 8.82. The van der Waals surface area contributed by atoms with E-state index < -0.39 is 0 Å². The van der Waals surface area contributed by atoms with E-state index in [1.807, 2.05) is 41.0 Å². The lowest BCUT2D eigenvalue weighted by Gasteiger charge is -2.14. The Morgan fingerprint density at radius 1 is 1.21 bits per heavy atom. The number of amides is 1. The van der Waals surface area contributed by atoms with Crippen LogP contribution in [0.2, 0.25) is 0 Å². The number of rotatable bonds is 7. The first-order valence-electron chi connectivity index (χ1n) is 9.32. The molecule has 0 spiro atoms. The highest BCUT2D eigenvalue weighted by atomic mass is 79.9. The Balaban J connectivity index is 1.47. The topological polar surface area (TPSA) is 81.9 Å². The lowest BCUT2D eigenvalue weighted by atomic mass is 10.2. The average molecular weight is 474 g/mol. The number of nitrogens with zero attached hydrogens (tertiary/aromatic N) is 4. The molecule has 2 aromatic heterocycles. The van der Waals surface area contributed by atoms with Gasteiger partial charge in [-0.2, -0.15) is 0 Å². The van der Waals surface area contributed by atoms with E-state index in [2.05, 4.69) is 36.4 Å². The molecule has 1 saturated heterocycles. The second kappa shape index (κ2) is 9.51. The minimum Gasteiger partial charge on any atom is -0.376 e. The van der Waals surface area contributed by atoms with Crippen molar-refractivity contribution in [3.8, 4) is 11.4 Å². The quantitative estimate of drug-likeness (QED) is 0.521. The van der Waals surface area contributed by atoms with Crippen LogP contribution >= 0.6 is 27.7 Å². The van der Waals surface area contributed by atoms with Crippen LogP contribution in [0.15, 0.2) is 58.4 Å². The molecule has 150 valence electrons. The Bertz CT molecular complexity index is 959. The molecule has 1 aliphatic rings. The number of benzene rings is 1. The van der Waals surface area contributed by atoms with Gasteiger partial charge in [0.1, 0.15) is 0 Å². The molecule has 1 fully saturated rings. The molecule has 3 heterocycles. The number of pyridine rings is 1. The summed E-state index contributed by atoms with van der Waals surface area (Å²) in [5.74, 6) is 0.920. The molecule has 3 aromatic rings. The van der Waals surface area contributed by atoms with Crippen molar-refractivity contribution in [2.75, 3.05) is 17.7 Å². The summed E-state index contributed by atoms with van der Waals surface area (Å²) in [6, 6.07) is 11.3. The van der Waals surface area contributed by atoms with Crippen molar-refractivity contribution in [2.24, 2.45) is 0 Å². The average Bonchev–Trinajstić information content (AvgIpc) is 3.39. The number of ether oxygens (including phenoxy) is 1. The SMILES string of the molecule is O=C(CSc1nnc(-c2ccncc2)n1CC1CCCO1)Nc1ccc(Br)cc1. The lowest BCUT2D eigenvalue weighted by molar-refractivity contribution is -0.113. The van der Waals surface area contributed by atoms with Gasteiger partial charge in [0.15, 0.2) is 11.0 Å². The molecule has 7 nitrogen and oxygen atoms in total. The van der Waals surface area contributed by atoms with Crippen LogP contribution in [0.3, 0.4) is 0 Å². The zero-order valence-corrected chi connectivity index (χ0v) is 18.0. The molecule has 4 rings (SSSR count). The lowest BCUT2D eigenvalue weighted by Crippen LogP contribution is -2.18. The molecule has 29 heavy (non-hydrogen) atoms. The van der Waals surface area contributed by atoms with Gasteiger partial charge in [-0.3, -0.25) is 14.3 Å². The monoisotopic (exact) mass is 473 g/mol. The first-order chi connectivity index (χ1) is 14.2. The normalized spacial score (nSPS) is 16.1. The van der Waals surface area contributed by atoms with Crippen LogP contribution < -0.4 is 5.32 Å². The summed E-state index contributed by atoms with van der Waals surface area (Å²) in [6.45, 7) is 1.46. The molecule has 1 aliphatic heterocycles. The van der Waals surface area contributed by atoms with Gasteiger partial charge in [0, 0.05) is 34.7 Å². The highest BCUT2D eigenvalue weighted by Gasteiger charge is 2.22. The molecule has 1 N–H and O–H groups in total. The second-order valence-electron chi connectivity index (χ2n) is 6.63. The Kier molecular flexibility index (Phi) is 6.58. The number of anilines is 1. The fourth-order valence-corrected chi connectivity index (χ4v) is 4.14. The molecule has 0 bridgehead atoms. The van der Waals surface area contributed by atoms with E-state index in [1.165, 1.54) is 11.8 Å². The molecule has 1 unspecified atom stereocenters. The molecule has 0 radical (unpaired) electrons. The number of halogens is 1. The largest absolute Gasteiger partial charge is 0.376 e. The summed E-state index contributed by atoms with van der Waals surface area (Å²) in [5, 5.41) is 12.3. The Morgan fingerprint density at radius 2 is 2.00 bits per heavy atom. The Hall–Kier alpha value is -2.23. The van der Waals surface area contributed by atoms with Crippen molar-refractivity contribution in [3.63, 3.8) is 0 Å². The van der Waals surface area contributed by atoms with E-state index in [4.69, 9.17) is 4.74 Å². The number of thioether (sulfide) groups is 1. The van der Waals surface area contributed by atoms with E-state index in [0.29, 0.717) is 11.7 Å². The van der Waals surface area contributed by atoms with Gasteiger partial charge < -0.3 is 10.1 Å². The van der Waals surface area contributed by atoms with Gasteiger partial charge >= 0.3 is 0 Å². The van der Waals surface area contributed by atoms with Crippen molar-refractivity contribution in [1.29, 1.82) is 0 Å². The molecular formula is C20H20BrN5O2S. The molecule has 0 aliphatic carbocycles. The first-order valence-corrected chi connectivity index (χ1v) is 11.1. The molecule has 0 saturated carbocycles. The third-order valence-corrected chi connectivity index (χ3v) is 6.02. The van der Waals surface area contributed by atoms with E-state index in [1.54, 1.807) is 12.4 Å². The standard InChI is InChI=1S/C20H20BrN5O2S/c21-15-3-5-16(6-4-15)23-18(27)13-29-20-25-24-19(14-7-9-22-10-8-14)26(20)12-17-2-1-11-28-17/h3-10,17H,1-2,11-13H2,(H,23,27). The fraction of sp³-hybridized carbons (Fsp3) is 0.300. The van der Waals surface area contributed by atoms with Gasteiger partial charge in [0.2, 0.25) is 5.91 Å². The van der Waals surface area contributed by atoms with Gasteiger partial charge in [0.25, 0.3) is 0 Å². The van der Waals surface area contributed by atoms with E-state index >= 15 is 0 Å². The van der Waals surface area contributed by atoms with Gasteiger partial charge in [0.05, 0.1) is 18.4 Å². The van der Waals surface area contributed by atoms with Gasteiger partial charge in [-0.25, -0.2) is 0 Å². The fourth-order valence-electron chi connectivity index (χ4n) is 3.13. The van der Waals surface area contributed by atoms with Crippen molar-refractivity contribution < 1.29 is 9.53 Å². The molecule has 1 atom stereocenters. The summed E-state index contributed by atoms with van der Waals surface area (Å²) in [6.07, 6.45) is 5.69. The molecular weight excluding hydrogens is 454 g/mol. The summed E-state index contributed by atoms with van der Waals surface area (Å²) in [7, 11) is 0. The maximum absolute atomic E-state index is 12.4. The van der Waals surface area contributed by atoms with Crippen LogP contribution in [0, 0.1) is 0 Å². The molecule has 1 amide bonds. The maximum Gasteiger partial charge on any atom is 0.234 e. The highest BCUT2D eigenvalue weighted by Crippen LogP contribution is 2.26. The minimum absolute atomic E-state index is 0.0885. The number of hydrogen-bond acceptors (Lipinski definition) is 6. The van der Waals surface area contributed by atoms with E-state index in [9.17, 15) is 4.79 Å². The smallest absolute Gasteiger partial charge is 0.234 e. The third kappa shape index (κ3) is 5.23. The van der Waals surface area contributed by atoms with Crippen molar-refractivity contribution in [1.82, 2.24) is 19.7 Å². The van der Waals surface area contributed by atoms with Crippen molar-refractivity contribution in [3.05, 3.63) is 53.3 Å². The molecule has 9 heteroatoms. The predicted octanol–water partition coefficient (Wildman–Crippen LogP) is 4.01. The third-order valence-electron chi connectivity index (χ3n) is 4.53. The molecule has 1 aromatic carbocycles. The van der Waals surface area contributed by atoms with Crippen LogP contribution in [-0.2, 0) is 16.1 Å². The number of carbonyl (C=O) groups is 1. The van der Waals surface area contributed by atoms with E-state index in [-0.39, 0.29) is 17.8 Å². The van der Waals surface area contributed by atoms with Gasteiger partial charge in [-0.15, -0.1) is 10.2 Å². The number of hydrogen-bond donors (Lipinski definition) is 1. The summed E-state index contributed by atoms with van der Waals surface area (Å²) in [5.41, 5.74) is 1.70. The first kappa shape index (κ1) is 20.1. The van der Waals surface area contributed by atoms with Gasteiger partial charge in [-0.05, 0) is 49.2 Å². The van der Waals surface area contributed by atoms with Crippen molar-refractivity contribution in [2.45, 2.75) is 30.6 Å². The number of carbonyl (C=O) groups excluding carboxylic acids is 1. The number of nitrogens with one attached hydrogen (secondary N) is 1. The van der Waals surface area contributed by atoms with Crippen LogP contribution in [0.25, 0.3) is 11.4 Å². The summed E-state index contributed by atoms with van der Waals surface area (Å²) in [4.78, 5) is 16.4. The number of aromatic nitrogens is 4. The zero-order valence-electron chi connectivity index (χ0n) is 15.6. The van der Waals surface area contributed by atoms with Gasteiger partial charge in [-0.1, -0.05) is 27.7 Å². The Morgan fingerprint density at radius 3 is 2.72 bits per heavy atom. The summed E-state index contributed by atoms with van der Waals surface area (Å²) >= 11 is 4.76. The van der Waals surface area contributed by atoms with Crippen LogP contribution in [0.1, 0.15) is 12.8 Å². The maximum atomic E-state index is 12.4. The minimum atomic E-state index is -0.0885. The van der Waals surface area contributed by atoms with Crippen molar-refractivity contribution >= 4 is 39.3 Å².